The first-order valence-corrected chi connectivity index (χ1v) is 13.5. The SMILES string of the molecule is Cc1ccc(-c2ccc(-c3ccccc3)cc2)cc1-c1cc(-c2ccccc2O)c(C)c(-c2ccccc2)c1O. The van der Waals surface area contributed by atoms with Gasteiger partial charge >= 0.3 is 0 Å². The summed E-state index contributed by atoms with van der Waals surface area (Å²) in [7, 11) is 0. The molecule has 2 heteroatoms. The van der Waals surface area contributed by atoms with Crippen LogP contribution in [-0.2, 0) is 0 Å². The van der Waals surface area contributed by atoms with Gasteiger partial charge in [0.2, 0.25) is 0 Å². The molecule has 0 bridgehead atoms. The number of aryl methyl sites for hydroxylation is 1. The molecule has 0 aliphatic carbocycles. The van der Waals surface area contributed by atoms with Gasteiger partial charge in [0.25, 0.3) is 0 Å². The quantitative estimate of drug-likeness (QED) is 0.238. The van der Waals surface area contributed by atoms with E-state index >= 15 is 0 Å². The fourth-order valence-corrected chi connectivity index (χ4v) is 5.49. The highest BCUT2D eigenvalue weighted by atomic mass is 16.3. The number of phenolic OH excluding ortho intramolecular Hbond substituents is 2. The van der Waals surface area contributed by atoms with Crippen molar-refractivity contribution in [3.05, 3.63) is 145 Å². The first kappa shape index (κ1) is 25.2. The summed E-state index contributed by atoms with van der Waals surface area (Å²) in [5, 5.41) is 22.6. The monoisotopic (exact) mass is 518 g/mol. The highest BCUT2D eigenvalue weighted by Gasteiger charge is 2.21. The zero-order valence-electron chi connectivity index (χ0n) is 22.6. The molecule has 0 spiro atoms. The van der Waals surface area contributed by atoms with Crippen LogP contribution < -0.4 is 0 Å². The van der Waals surface area contributed by atoms with Gasteiger partial charge < -0.3 is 10.2 Å². The van der Waals surface area contributed by atoms with Crippen molar-refractivity contribution in [3.63, 3.8) is 0 Å². The molecule has 0 aliphatic heterocycles. The van der Waals surface area contributed by atoms with E-state index in [1.165, 1.54) is 11.1 Å². The summed E-state index contributed by atoms with van der Waals surface area (Å²) in [4.78, 5) is 0. The fourth-order valence-electron chi connectivity index (χ4n) is 5.49. The lowest BCUT2D eigenvalue weighted by Gasteiger charge is -2.20. The molecule has 6 aromatic rings. The van der Waals surface area contributed by atoms with Crippen LogP contribution in [0, 0.1) is 13.8 Å². The number of aromatic hydroxyl groups is 2. The summed E-state index contributed by atoms with van der Waals surface area (Å²) in [6.07, 6.45) is 0. The molecular weight excluding hydrogens is 488 g/mol. The number of hydrogen-bond acceptors (Lipinski definition) is 2. The normalized spacial score (nSPS) is 10.9. The zero-order valence-corrected chi connectivity index (χ0v) is 22.6. The van der Waals surface area contributed by atoms with Gasteiger partial charge in [-0.2, -0.15) is 0 Å². The first-order chi connectivity index (χ1) is 19.5. The second-order valence-electron chi connectivity index (χ2n) is 10.2. The summed E-state index contributed by atoms with van der Waals surface area (Å²) in [6, 6.07) is 44.7. The van der Waals surface area contributed by atoms with Crippen molar-refractivity contribution in [1.29, 1.82) is 0 Å². The van der Waals surface area contributed by atoms with E-state index in [9.17, 15) is 10.2 Å². The molecule has 0 heterocycles. The lowest BCUT2D eigenvalue weighted by atomic mass is 9.85. The molecule has 0 radical (unpaired) electrons. The molecule has 0 atom stereocenters. The third-order valence-corrected chi connectivity index (χ3v) is 7.67. The van der Waals surface area contributed by atoms with E-state index in [1.54, 1.807) is 6.07 Å². The molecule has 6 aromatic carbocycles. The third kappa shape index (κ3) is 4.65. The Morgan fingerprint density at radius 3 is 1.57 bits per heavy atom. The summed E-state index contributed by atoms with van der Waals surface area (Å²) in [5.74, 6) is 0.452. The minimum atomic E-state index is 0.213. The molecule has 0 saturated carbocycles. The maximum Gasteiger partial charge on any atom is 0.131 e. The molecule has 40 heavy (non-hydrogen) atoms. The molecule has 0 saturated heterocycles. The summed E-state index contributed by atoms with van der Waals surface area (Å²) in [6.45, 7) is 4.07. The van der Waals surface area contributed by atoms with Crippen molar-refractivity contribution in [2.75, 3.05) is 0 Å². The topological polar surface area (TPSA) is 40.5 Å². The van der Waals surface area contributed by atoms with Crippen LogP contribution in [0.5, 0.6) is 11.5 Å². The molecule has 0 aliphatic rings. The van der Waals surface area contributed by atoms with Crippen LogP contribution in [0.3, 0.4) is 0 Å². The average molecular weight is 519 g/mol. The van der Waals surface area contributed by atoms with Gasteiger partial charge in [0.15, 0.2) is 0 Å². The van der Waals surface area contributed by atoms with Gasteiger partial charge in [0.05, 0.1) is 0 Å². The van der Waals surface area contributed by atoms with Crippen LogP contribution in [0.25, 0.3) is 55.6 Å². The van der Waals surface area contributed by atoms with E-state index in [2.05, 4.69) is 73.7 Å². The molecule has 0 amide bonds. The van der Waals surface area contributed by atoms with Crippen LogP contribution in [0.1, 0.15) is 11.1 Å². The Hall–Kier alpha value is -5.08. The fraction of sp³-hybridized carbons (Fsp3) is 0.0526. The zero-order chi connectivity index (χ0) is 27.6. The second-order valence-corrected chi connectivity index (χ2v) is 10.2. The Bertz CT molecular complexity index is 1800. The van der Waals surface area contributed by atoms with Gasteiger partial charge in [-0.05, 0) is 82.1 Å². The lowest BCUT2D eigenvalue weighted by Crippen LogP contribution is -1.95. The van der Waals surface area contributed by atoms with Gasteiger partial charge in [-0.15, -0.1) is 0 Å². The Balaban J connectivity index is 1.53. The maximum absolute atomic E-state index is 11.8. The number of benzene rings is 6. The molecule has 0 aromatic heterocycles. The molecule has 2 nitrogen and oxygen atoms in total. The minimum absolute atomic E-state index is 0.213. The van der Waals surface area contributed by atoms with E-state index in [1.807, 2.05) is 67.6 Å². The standard InChI is InChI=1S/C38H30O2/c1-25-17-18-31(29-21-19-28(20-22-29)27-11-5-3-6-12-27)23-33(25)35-24-34(32-15-9-10-16-36(32)39)26(2)37(38(35)40)30-13-7-4-8-14-30/h3-24,39-40H,1-2H3. The summed E-state index contributed by atoms with van der Waals surface area (Å²) >= 11 is 0. The Kier molecular flexibility index (Phi) is 6.67. The molecule has 194 valence electrons. The largest absolute Gasteiger partial charge is 0.507 e. The van der Waals surface area contributed by atoms with Crippen molar-refractivity contribution < 1.29 is 10.2 Å². The Morgan fingerprint density at radius 2 is 0.925 bits per heavy atom. The number of para-hydroxylation sites is 1. The van der Waals surface area contributed by atoms with Crippen molar-refractivity contribution in [3.8, 4) is 67.1 Å². The predicted molar refractivity (Wildman–Crippen MR) is 166 cm³/mol. The van der Waals surface area contributed by atoms with Gasteiger partial charge in [-0.3, -0.25) is 0 Å². The van der Waals surface area contributed by atoms with Crippen LogP contribution in [0.4, 0.5) is 0 Å². The predicted octanol–water partition coefficient (Wildman–Crippen LogP) is 10.0. The van der Waals surface area contributed by atoms with Crippen molar-refractivity contribution in [2.24, 2.45) is 0 Å². The van der Waals surface area contributed by atoms with Crippen LogP contribution in [0.15, 0.2) is 133 Å². The number of rotatable bonds is 5. The maximum atomic E-state index is 11.8. The summed E-state index contributed by atoms with van der Waals surface area (Å²) < 4.78 is 0. The lowest BCUT2D eigenvalue weighted by molar-refractivity contribution is 0.476. The van der Waals surface area contributed by atoms with Crippen LogP contribution in [0.2, 0.25) is 0 Å². The molecule has 2 N–H and O–H groups in total. The van der Waals surface area contributed by atoms with Gasteiger partial charge in [0, 0.05) is 16.7 Å². The van der Waals surface area contributed by atoms with E-state index in [4.69, 9.17) is 0 Å². The smallest absolute Gasteiger partial charge is 0.131 e. The van der Waals surface area contributed by atoms with Crippen molar-refractivity contribution in [2.45, 2.75) is 13.8 Å². The van der Waals surface area contributed by atoms with E-state index in [0.29, 0.717) is 0 Å². The first-order valence-electron chi connectivity index (χ1n) is 13.5. The average Bonchev–Trinajstić information content (AvgIpc) is 2.99. The summed E-state index contributed by atoms with van der Waals surface area (Å²) in [5.41, 5.74) is 11.5. The molecule has 0 unspecified atom stereocenters. The van der Waals surface area contributed by atoms with Gasteiger partial charge in [-0.25, -0.2) is 0 Å². The van der Waals surface area contributed by atoms with Crippen LogP contribution in [-0.4, -0.2) is 10.2 Å². The van der Waals surface area contributed by atoms with Gasteiger partial charge in [-0.1, -0.05) is 115 Å². The van der Waals surface area contributed by atoms with Crippen molar-refractivity contribution in [1.82, 2.24) is 0 Å². The minimum Gasteiger partial charge on any atom is -0.507 e. The highest BCUT2D eigenvalue weighted by molar-refractivity contribution is 5.93. The van der Waals surface area contributed by atoms with E-state index in [0.717, 1.165) is 55.6 Å². The van der Waals surface area contributed by atoms with Crippen molar-refractivity contribution >= 4 is 0 Å². The van der Waals surface area contributed by atoms with E-state index in [-0.39, 0.29) is 11.5 Å². The Morgan fingerprint density at radius 1 is 0.400 bits per heavy atom. The number of phenols is 2. The number of hydrogen-bond donors (Lipinski definition) is 2. The highest BCUT2D eigenvalue weighted by Crippen LogP contribution is 2.47. The van der Waals surface area contributed by atoms with Crippen LogP contribution >= 0.6 is 0 Å². The molecule has 0 fully saturated rings. The Labute approximate surface area is 235 Å². The second kappa shape index (κ2) is 10.6. The molecule has 6 rings (SSSR count). The molecular formula is C38H30O2. The van der Waals surface area contributed by atoms with E-state index < -0.39 is 0 Å². The third-order valence-electron chi connectivity index (χ3n) is 7.67. The van der Waals surface area contributed by atoms with Gasteiger partial charge in [0.1, 0.15) is 11.5 Å².